The molecular weight excluding hydrogens is 290 g/mol. The summed E-state index contributed by atoms with van der Waals surface area (Å²) < 4.78 is 5.58. The molecule has 3 rings (SSSR count). The third-order valence-electron chi connectivity index (χ3n) is 4.44. The summed E-state index contributed by atoms with van der Waals surface area (Å²) >= 11 is 0. The van der Waals surface area contributed by atoms with Gasteiger partial charge in [0.25, 0.3) is 5.91 Å². The molecule has 0 unspecified atom stereocenters. The van der Waals surface area contributed by atoms with Gasteiger partial charge in [-0.25, -0.2) is 4.79 Å². The van der Waals surface area contributed by atoms with E-state index in [0.717, 1.165) is 5.56 Å². The van der Waals surface area contributed by atoms with Crippen molar-refractivity contribution in [3.63, 3.8) is 0 Å². The van der Waals surface area contributed by atoms with E-state index in [1.165, 1.54) is 0 Å². The van der Waals surface area contributed by atoms with Gasteiger partial charge in [-0.1, -0.05) is 55.5 Å². The highest BCUT2D eigenvalue weighted by Gasteiger charge is 2.53. The zero-order chi connectivity index (χ0) is 16.4. The molecule has 0 radical (unpaired) electrons. The van der Waals surface area contributed by atoms with Crippen LogP contribution in [0.1, 0.15) is 42.4 Å². The van der Waals surface area contributed by atoms with Crippen molar-refractivity contribution in [3.8, 4) is 0 Å². The van der Waals surface area contributed by atoms with Crippen LogP contribution >= 0.6 is 0 Å². The topological polar surface area (TPSA) is 46.6 Å². The predicted molar refractivity (Wildman–Crippen MR) is 86.6 cm³/mol. The standard InChI is InChI=1S/C19H19NO3/c1-3-19(2)18(22)23-17(15-12-8-5-9-13-15)20(19)16(21)14-10-6-4-7-11-14/h4-13,17H,3H2,1-2H3/t17-,19+/m1/s1. The van der Waals surface area contributed by atoms with Crippen LogP contribution in [0.5, 0.6) is 0 Å². The molecule has 0 aliphatic carbocycles. The average molecular weight is 309 g/mol. The number of hydrogen-bond acceptors (Lipinski definition) is 3. The van der Waals surface area contributed by atoms with E-state index in [1.807, 2.05) is 55.5 Å². The molecule has 1 amide bonds. The number of benzene rings is 2. The van der Waals surface area contributed by atoms with Crippen LogP contribution < -0.4 is 0 Å². The molecule has 1 fully saturated rings. The summed E-state index contributed by atoms with van der Waals surface area (Å²) in [5, 5.41) is 0. The molecule has 23 heavy (non-hydrogen) atoms. The lowest BCUT2D eigenvalue weighted by Gasteiger charge is -2.33. The van der Waals surface area contributed by atoms with Gasteiger partial charge < -0.3 is 4.74 Å². The Morgan fingerprint density at radius 1 is 1.09 bits per heavy atom. The van der Waals surface area contributed by atoms with Crippen LogP contribution in [0.4, 0.5) is 0 Å². The Hall–Kier alpha value is -2.62. The Morgan fingerprint density at radius 2 is 1.65 bits per heavy atom. The van der Waals surface area contributed by atoms with Gasteiger partial charge in [0, 0.05) is 11.1 Å². The largest absolute Gasteiger partial charge is 0.435 e. The quantitative estimate of drug-likeness (QED) is 0.815. The fourth-order valence-electron chi connectivity index (χ4n) is 2.84. The monoisotopic (exact) mass is 309 g/mol. The number of nitrogens with zero attached hydrogens (tertiary/aromatic N) is 1. The summed E-state index contributed by atoms with van der Waals surface area (Å²) in [7, 11) is 0. The van der Waals surface area contributed by atoms with Crippen molar-refractivity contribution in [3.05, 3.63) is 71.8 Å². The number of amides is 1. The fourth-order valence-corrected chi connectivity index (χ4v) is 2.84. The highest BCUT2D eigenvalue weighted by molar-refractivity contribution is 5.99. The van der Waals surface area contributed by atoms with E-state index in [4.69, 9.17) is 4.74 Å². The van der Waals surface area contributed by atoms with Gasteiger partial charge in [-0.3, -0.25) is 9.69 Å². The van der Waals surface area contributed by atoms with Gasteiger partial charge in [0.15, 0.2) is 0 Å². The minimum Gasteiger partial charge on any atom is -0.435 e. The highest BCUT2D eigenvalue weighted by Crippen LogP contribution is 2.40. The normalized spacial score (nSPS) is 23.7. The smallest absolute Gasteiger partial charge is 0.334 e. The molecule has 118 valence electrons. The number of cyclic esters (lactones) is 1. The summed E-state index contributed by atoms with van der Waals surface area (Å²) in [6.07, 6.45) is -0.199. The average Bonchev–Trinajstić information content (AvgIpc) is 2.88. The Balaban J connectivity index is 2.07. The van der Waals surface area contributed by atoms with Crippen molar-refractivity contribution >= 4 is 11.9 Å². The van der Waals surface area contributed by atoms with E-state index in [9.17, 15) is 9.59 Å². The lowest BCUT2D eigenvalue weighted by Crippen LogP contribution is -2.49. The lowest BCUT2D eigenvalue weighted by molar-refractivity contribution is -0.145. The second kappa shape index (κ2) is 5.88. The van der Waals surface area contributed by atoms with Gasteiger partial charge in [-0.05, 0) is 25.5 Å². The number of carbonyl (C=O) groups excluding carboxylic acids is 2. The Labute approximate surface area is 135 Å². The third kappa shape index (κ3) is 2.50. The molecule has 1 heterocycles. The van der Waals surface area contributed by atoms with Crippen LogP contribution in [0, 0.1) is 0 Å². The predicted octanol–water partition coefficient (Wildman–Crippen LogP) is 3.55. The van der Waals surface area contributed by atoms with Crippen molar-refractivity contribution < 1.29 is 14.3 Å². The van der Waals surface area contributed by atoms with Gasteiger partial charge in [-0.15, -0.1) is 0 Å². The van der Waals surface area contributed by atoms with Gasteiger partial charge in [0.2, 0.25) is 6.23 Å². The van der Waals surface area contributed by atoms with Crippen LogP contribution in [0.2, 0.25) is 0 Å². The first-order valence-electron chi connectivity index (χ1n) is 7.72. The summed E-state index contributed by atoms with van der Waals surface area (Å²) in [5.74, 6) is -0.562. The Kier molecular flexibility index (Phi) is 3.90. The van der Waals surface area contributed by atoms with E-state index in [-0.39, 0.29) is 11.9 Å². The molecule has 2 aromatic carbocycles. The van der Waals surface area contributed by atoms with Crippen molar-refractivity contribution in [2.45, 2.75) is 32.0 Å². The molecule has 0 bridgehead atoms. The molecule has 2 atom stereocenters. The van der Waals surface area contributed by atoms with Crippen LogP contribution in [-0.2, 0) is 9.53 Å². The van der Waals surface area contributed by atoms with E-state index in [2.05, 4.69) is 0 Å². The highest BCUT2D eigenvalue weighted by atomic mass is 16.6. The van der Waals surface area contributed by atoms with Crippen molar-refractivity contribution in [2.24, 2.45) is 0 Å². The van der Waals surface area contributed by atoms with Crippen molar-refractivity contribution in [1.29, 1.82) is 0 Å². The van der Waals surface area contributed by atoms with E-state index >= 15 is 0 Å². The van der Waals surface area contributed by atoms with E-state index < -0.39 is 11.8 Å². The third-order valence-corrected chi connectivity index (χ3v) is 4.44. The minimum absolute atomic E-state index is 0.199. The number of ether oxygens (including phenoxy) is 1. The Bertz CT molecular complexity index is 714. The molecule has 0 N–H and O–H groups in total. The SMILES string of the molecule is CC[C@@]1(C)C(=O)O[C@H](c2ccccc2)N1C(=O)c1ccccc1. The van der Waals surface area contributed by atoms with Crippen molar-refractivity contribution in [1.82, 2.24) is 4.90 Å². The van der Waals surface area contributed by atoms with E-state index in [1.54, 1.807) is 24.0 Å². The van der Waals surface area contributed by atoms with Crippen molar-refractivity contribution in [2.75, 3.05) is 0 Å². The van der Waals surface area contributed by atoms with E-state index in [0.29, 0.717) is 12.0 Å². The van der Waals surface area contributed by atoms with Crippen LogP contribution in [-0.4, -0.2) is 22.3 Å². The zero-order valence-corrected chi connectivity index (χ0v) is 13.2. The first-order chi connectivity index (χ1) is 11.1. The van der Waals surface area contributed by atoms with Crippen LogP contribution in [0.15, 0.2) is 60.7 Å². The van der Waals surface area contributed by atoms with Gasteiger partial charge in [0.05, 0.1) is 0 Å². The second-order valence-corrected chi connectivity index (χ2v) is 5.84. The van der Waals surface area contributed by atoms with Gasteiger partial charge >= 0.3 is 5.97 Å². The first-order valence-corrected chi connectivity index (χ1v) is 7.72. The molecule has 1 aliphatic rings. The molecule has 0 aromatic heterocycles. The van der Waals surface area contributed by atoms with Crippen LogP contribution in [0.3, 0.4) is 0 Å². The molecule has 2 aromatic rings. The maximum atomic E-state index is 13.0. The molecule has 1 aliphatic heterocycles. The number of hydrogen-bond donors (Lipinski definition) is 0. The Morgan fingerprint density at radius 3 is 2.22 bits per heavy atom. The molecule has 4 nitrogen and oxygen atoms in total. The summed E-state index contributed by atoms with van der Waals surface area (Å²) in [4.78, 5) is 27.1. The number of carbonyl (C=O) groups is 2. The second-order valence-electron chi connectivity index (χ2n) is 5.84. The summed E-state index contributed by atoms with van der Waals surface area (Å²) in [5.41, 5.74) is 0.377. The maximum absolute atomic E-state index is 13.0. The number of esters is 1. The van der Waals surface area contributed by atoms with Crippen LogP contribution in [0.25, 0.3) is 0 Å². The molecule has 0 spiro atoms. The van der Waals surface area contributed by atoms with Gasteiger partial charge in [-0.2, -0.15) is 0 Å². The lowest BCUT2D eigenvalue weighted by atomic mass is 9.96. The minimum atomic E-state index is -0.965. The van der Waals surface area contributed by atoms with Gasteiger partial charge in [0.1, 0.15) is 5.54 Å². The maximum Gasteiger partial charge on any atom is 0.334 e. The fraction of sp³-hybridized carbons (Fsp3) is 0.263. The molecular formula is C19H19NO3. The summed E-state index contributed by atoms with van der Waals surface area (Å²) in [6.45, 7) is 3.65. The number of rotatable bonds is 3. The summed E-state index contributed by atoms with van der Waals surface area (Å²) in [6, 6.07) is 18.4. The zero-order valence-electron chi connectivity index (χ0n) is 13.2. The molecule has 1 saturated heterocycles. The molecule has 4 heteroatoms. The first kappa shape index (κ1) is 15.3. The molecule has 0 saturated carbocycles.